The van der Waals surface area contributed by atoms with Crippen molar-refractivity contribution in [1.29, 1.82) is 0 Å². The normalized spacial score (nSPS) is 10.1. The number of hydrogen-bond donors (Lipinski definition) is 0. The lowest BCUT2D eigenvalue weighted by Gasteiger charge is -2.00. The van der Waals surface area contributed by atoms with Crippen molar-refractivity contribution in [2.75, 3.05) is 0 Å². The molecule has 0 aromatic carbocycles. The summed E-state index contributed by atoms with van der Waals surface area (Å²) in [4.78, 5) is 10.4. The summed E-state index contributed by atoms with van der Waals surface area (Å²) in [7, 11) is 0. The lowest BCUT2D eigenvalue weighted by molar-refractivity contribution is -0.111. The molecule has 2 heteroatoms. The van der Waals surface area contributed by atoms with Gasteiger partial charge in [-0.25, -0.2) is 0 Å². The highest BCUT2D eigenvalue weighted by Gasteiger charge is 1.96. The van der Waals surface area contributed by atoms with Crippen molar-refractivity contribution in [3.63, 3.8) is 0 Å². The van der Waals surface area contributed by atoms with Gasteiger partial charge in [-0.2, -0.15) is 0 Å². The van der Waals surface area contributed by atoms with Gasteiger partial charge in [-0.1, -0.05) is 31.3 Å². The predicted molar refractivity (Wildman–Crippen MR) is 62.6 cm³/mol. The van der Waals surface area contributed by atoms with Crippen LogP contribution >= 0.6 is 11.6 Å². The highest BCUT2D eigenvalue weighted by Crippen LogP contribution is 2.11. The highest BCUT2D eigenvalue weighted by molar-refractivity contribution is 6.63. The van der Waals surface area contributed by atoms with E-state index in [4.69, 9.17) is 11.6 Å². The Morgan fingerprint density at radius 3 is 1.86 bits per heavy atom. The zero-order chi connectivity index (χ0) is 10.8. The first-order valence-corrected chi connectivity index (χ1v) is 5.83. The van der Waals surface area contributed by atoms with E-state index in [9.17, 15) is 4.79 Å². The molecule has 0 aliphatic rings. The number of halogens is 1. The SMILES string of the molecule is C=C(C)CCCCCCCCC(=O)Cl. The average Bonchev–Trinajstić information content (AvgIpc) is 2.08. The number of hydrogen-bond acceptors (Lipinski definition) is 1. The van der Waals surface area contributed by atoms with Crippen LogP contribution in [0.15, 0.2) is 12.2 Å². The summed E-state index contributed by atoms with van der Waals surface area (Å²) in [5.41, 5.74) is 1.28. The molecular formula is C12H21ClO. The predicted octanol–water partition coefficient (Wildman–Crippen LogP) is 4.45. The van der Waals surface area contributed by atoms with Crippen LogP contribution in [0.1, 0.15) is 58.3 Å². The first kappa shape index (κ1) is 13.7. The quantitative estimate of drug-likeness (QED) is 0.316. The third-order valence-corrected chi connectivity index (χ3v) is 2.42. The van der Waals surface area contributed by atoms with Gasteiger partial charge in [0.05, 0.1) is 0 Å². The maximum Gasteiger partial charge on any atom is 0.221 e. The van der Waals surface area contributed by atoms with E-state index in [0.717, 1.165) is 19.3 Å². The number of allylic oxidation sites excluding steroid dienone is 1. The molecule has 0 bridgehead atoms. The average molecular weight is 217 g/mol. The smallest absolute Gasteiger partial charge is 0.221 e. The zero-order valence-corrected chi connectivity index (χ0v) is 9.91. The highest BCUT2D eigenvalue weighted by atomic mass is 35.5. The van der Waals surface area contributed by atoms with Crippen molar-refractivity contribution in [3.8, 4) is 0 Å². The molecule has 0 unspecified atom stereocenters. The van der Waals surface area contributed by atoms with Gasteiger partial charge in [0.2, 0.25) is 5.24 Å². The van der Waals surface area contributed by atoms with E-state index in [1.54, 1.807) is 0 Å². The number of carbonyl (C=O) groups excluding carboxylic acids is 1. The lowest BCUT2D eigenvalue weighted by atomic mass is 10.1. The molecule has 0 N–H and O–H groups in total. The van der Waals surface area contributed by atoms with Crippen molar-refractivity contribution in [3.05, 3.63) is 12.2 Å². The van der Waals surface area contributed by atoms with Crippen LogP contribution in [0, 0.1) is 0 Å². The fourth-order valence-corrected chi connectivity index (χ4v) is 1.53. The van der Waals surface area contributed by atoms with Gasteiger partial charge in [-0.05, 0) is 37.8 Å². The Morgan fingerprint density at radius 2 is 1.43 bits per heavy atom. The molecule has 0 saturated carbocycles. The van der Waals surface area contributed by atoms with Gasteiger partial charge >= 0.3 is 0 Å². The van der Waals surface area contributed by atoms with Crippen molar-refractivity contribution in [2.45, 2.75) is 58.3 Å². The fraction of sp³-hybridized carbons (Fsp3) is 0.750. The van der Waals surface area contributed by atoms with Crippen LogP contribution in [0.4, 0.5) is 0 Å². The van der Waals surface area contributed by atoms with Crippen LogP contribution in [0.3, 0.4) is 0 Å². The molecular weight excluding hydrogens is 196 g/mol. The summed E-state index contributed by atoms with van der Waals surface area (Å²) in [6.07, 6.45) is 8.79. The second-order valence-electron chi connectivity index (χ2n) is 3.93. The molecule has 0 radical (unpaired) electrons. The summed E-state index contributed by atoms with van der Waals surface area (Å²) in [5, 5.41) is -0.202. The van der Waals surface area contributed by atoms with E-state index < -0.39 is 0 Å². The maximum absolute atomic E-state index is 10.4. The Morgan fingerprint density at radius 1 is 1.00 bits per heavy atom. The van der Waals surface area contributed by atoms with Crippen LogP contribution in [-0.4, -0.2) is 5.24 Å². The van der Waals surface area contributed by atoms with E-state index >= 15 is 0 Å². The molecule has 0 heterocycles. The summed E-state index contributed by atoms with van der Waals surface area (Å²) >= 11 is 5.23. The van der Waals surface area contributed by atoms with Crippen molar-refractivity contribution < 1.29 is 4.79 Å². The van der Waals surface area contributed by atoms with Gasteiger partial charge in [-0.15, -0.1) is 6.58 Å². The molecule has 0 rings (SSSR count). The molecule has 0 saturated heterocycles. The summed E-state index contributed by atoms with van der Waals surface area (Å²) < 4.78 is 0. The molecule has 0 amide bonds. The number of rotatable bonds is 9. The van der Waals surface area contributed by atoms with Gasteiger partial charge < -0.3 is 0 Å². The van der Waals surface area contributed by atoms with Gasteiger partial charge in [0, 0.05) is 6.42 Å². The van der Waals surface area contributed by atoms with E-state index in [1.165, 1.54) is 31.3 Å². The first-order valence-electron chi connectivity index (χ1n) is 5.45. The second kappa shape index (κ2) is 9.26. The van der Waals surface area contributed by atoms with Crippen molar-refractivity contribution in [2.24, 2.45) is 0 Å². The largest absolute Gasteiger partial charge is 0.281 e. The summed E-state index contributed by atoms with van der Waals surface area (Å²) in [6, 6.07) is 0. The molecule has 0 aromatic heterocycles. The van der Waals surface area contributed by atoms with Gasteiger partial charge in [0.1, 0.15) is 0 Å². The summed E-state index contributed by atoms with van der Waals surface area (Å²) in [6.45, 7) is 5.95. The fourth-order valence-electron chi connectivity index (χ4n) is 1.40. The van der Waals surface area contributed by atoms with E-state index in [1.807, 2.05) is 0 Å². The zero-order valence-electron chi connectivity index (χ0n) is 9.15. The van der Waals surface area contributed by atoms with Crippen LogP contribution < -0.4 is 0 Å². The minimum absolute atomic E-state index is 0.202. The second-order valence-corrected chi connectivity index (χ2v) is 4.36. The molecule has 0 atom stereocenters. The van der Waals surface area contributed by atoms with Gasteiger partial charge in [-0.3, -0.25) is 4.79 Å². The number of unbranched alkanes of at least 4 members (excludes halogenated alkanes) is 5. The minimum Gasteiger partial charge on any atom is -0.281 e. The third-order valence-electron chi connectivity index (χ3n) is 2.23. The van der Waals surface area contributed by atoms with Crippen LogP contribution in [0.5, 0.6) is 0 Å². The van der Waals surface area contributed by atoms with Gasteiger partial charge in [0.15, 0.2) is 0 Å². The minimum atomic E-state index is -0.202. The Bertz CT molecular complexity index is 155. The van der Waals surface area contributed by atoms with Gasteiger partial charge in [0.25, 0.3) is 0 Å². The molecule has 0 aliphatic heterocycles. The van der Waals surface area contributed by atoms with E-state index in [2.05, 4.69) is 13.5 Å². The molecule has 14 heavy (non-hydrogen) atoms. The third kappa shape index (κ3) is 11.7. The molecule has 82 valence electrons. The lowest BCUT2D eigenvalue weighted by Crippen LogP contribution is -1.86. The molecule has 0 fully saturated rings. The first-order chi connectivity index (χ1) is 6.63. The Labute approximate surface area is 92.5 Å². The topological polar surface area (TPSA) is 17.1 Å². The van der Waals surface area contributed by atoms with Crippen molar-refractivity contribution in [1.82, 2.24) is 0 Å². The summed E-state index contributed by atoms with van der Waals surface area (Å²) in [5.74, 6) is 0. The number of carbonyl (C=O) groups is 1. The van der Waals surface area contributed by atoms with E-state index in [0.29, 0.717) is 6.42 Å². The Kier molecular flexibility index (Phi) is 9.06. The Balaban J connectivity index is 2.99. The van der Waals surface area contributed by atoms with Crippen LogP contribution in [-0.2, 0) is 4.79 Å². The molecule has 0 spiro atoms. The Hall–Kier alpha value is -0.300. The molecule has 1 nitrogen and oxygen atoms in total. The van der Waals surface area contributed by atoms with Crippen LogP contribution in [0.25, 0.3) is 0 Å². The van der Waals surface area contributed by atoms with Crippen molar-refractivity contribution >= 4 is 16.8 Å². The maximum atomic E-state index is 10.4. The standard InChI is InChI=1S/C12H21ClO/c1-11(2)9-7-5-3-4-6-8-10-12(13)14/h1,3-10H2,2H3. The van der Waals surface area contributed by atoms with Crippen LogP contribution in [0.2, 0.25) is 0 Å². The monoisotopic (exact) mass is 216 g/mol. The molecule has 0 aliphatic carbocycles. The van der Waals surface area contributed by atoms with E-state index in [-0.39, 0.29) is 5.24 Å². The molecule has 0 aromatic rings.